The standard InChI is InChI=1S/C25H26N6O4/c32-24-30(14-20-15-35-9-8-29(20)25(33)34)21-11-18(17-10-16-6-7-26-22(16)27-12-17)13-28-23(21)31(24)19-4-2-1-3-5-19/h4,6-7,10-13,20H,1-3,5,8-9,14-15H2,(H,26,27)(H,33,34). The number of nitrogens with zero attached hydrogens (tertiary/aromatic N) is 5. The van der Waals surface area contributed by atoms with Crippen LogP contribution in [-0.2, 0) is 11.3 Å². The second-order valence-electron chi connectivity index (χ2n) is 9.08. The van der Waals surface area contributed by atoms with E-state index in [1.165, 1.54) is 4.90 Å². The Balaban J connectivity index is 1.50. The van der Waals surface area contributed by atoms with Crippen molar-refractivity contribution in [1.82, 2.24) is 29.0 Å². The molecule has 1 unspecified atom stereocenters. The van der Waals surface area contributed by atoms with Crippen LogP contribution in [0.2, 0.25) is 0 Å². The van der Waals surface area contributed by atoms with Crippen LogP contribution in [0, 0.1) is 0 Å². The molecule has 5 heterocycles. The van der Waals surface area contributed by atoms with Gasteiger partial charge in [-0.3, -0.25) is 9.47 Å². The molecule has 10 nitrogen and oxygen atoms in total. The van der Waals surface area contributed by atoms with Gasteiger partial charge in [0.2, 0.25) is 0 Å². The summed E-state index contributed by atoms with van der Waals surface area (Å²) in [5, 5.41) is 10.7. The van der Waals surface area contributed by atoms with Gasteiger partial charge in [-0.2, -0.15) is 0 Å². The van der Waals surface area contributed by atoms with Gasteiger partial charge in [0.25, 0.3) is 0 Å². The van der Waals surface area contributed by atoms with Gasteiger partial charge in [-0.1, -0.05) is 6.08 Å². The number of fused-ring (bicyclic) bond motifs is 2. The summed E-state index contributed by atoms with van der Waals surface area (Å²) in [7, 11) is 0. The van der Waals surface area contributed by atoms with E-state index in [1.807, 2.05) is 24.4 Å². The van der Waals surface area contributed by atoms with Crippen LogP contribution in [0.1, 0.15) is 25.7 Å². The molecule has 180 valence electrons. The lowest BCUT2D eigenvalue weighted by Gasteiger charge is -2.33. The summed E-state index contributed by atoms with van der Waals surface area (Å²) < 4.78 is 8.92. The molecule has 35 heavy (non-hydrogen) atoms. The average Bonchev–Trinajstić information content (AvgIpc) is 3.46. The summed E-state index contributed by atoms with van der Waals surface area (Å²) in [5.74, 6) is 0. The Morgan fingerprint density at radius 2 is 2.06 bits per heavy atom. The number of aromatic nitrogens is 5. The minimum atomic E-state index is -1.00. The molecule has 6 rings (SSSR count). The van der Waals surface area contributed by atoms with Gasteiger partial charge < -0.3 is 14.8 Å². The lowest BCUT2D eigenvalue weighted by Crippen LogP contribution is -2.50. The van der Waals surface area contributed by atoms with Crippen molar-refractivity contribution in [3.8, 4) is 11.1 Å². The minimum Gasteiger partial charge on any atom is -0.465 e. The molecule has 1 aliphatic heterocycles. The highest BCUT2D eigenvalue weighted by Gasteiger charge is 2.29. The second kappa shape index (κ2) is 8.70. The largest absolute Gasteiger partial charge is 0.465 e. The van der Waals surface area contributed by atoms with Gasteiger partial charge in [0.05, 0.1) is 31.3 Å². The van der Waals surface area contributed by atoms with E-state index in [0.29, 0.717) is 17.8 Å². The van der Waals surface area contributed by atoms with Crippen LogP contribution in [0.3, 0.4) is 0 Å². The van der Waals surface area contributed by atoms with Crippen molar-refractivity contribution in [2.24, 2.45) is 0 Å². The fourth-order valence-corrected chi connectivity index (χ4v) is 5.12. The van der Waals surface area contributed by atoms with E-state index in [4.69, 9.17) is 9.72 Å². The number of allylic oxidation sites excluding steroid dienone is 2. The number of hydrogen-bond acceptors (Lipinski definition) is 5. The third kappa shape index (κ3) is 3.79. The van der Waals surface area contributed by atoms with E-state index in [9.17, 15) is 14.7 Å². The fourth-order valence-electron chi connectivity index (χ4n) is 5.12. The van der Waals surface area contributed by atoms with Gasteiger partial charge in [0, 0.05) is 47.3 Å². The first-order valence-electron chi connectivity index (χ1n) is 11.9. The lowest BCUT2D eigenvalue weighted by molar-refractivity contribution is -0.00537. The third-order valence-corrected chi connectivity index (χ3v) is 6.93. The molecule has 1 fully saturated rings. The fraction of sp³-hybridized carbons (Fsp3) is 0.360. The lowest BCUT2D eigenvalue weighted by atomic mass is 10.0. The number of carbonyl (C=O) groups is 1. The van der Waals surface area contributed by atoms with E-state index in [2.05, 4.69) is 16.0 Å². The highest BCUT2D eigenvalue weighted by atomic mass is 16.5. The molecule has 10 heteroatoms. The number of ether oxygens (including phenoxy) is 1. The number of H-pyrrole nitrogens is 1. The second-order valence-corrected chi connectivity index (χ2v) is 9.08. The van der Waals surface area contributed by atoms with Crippen LogP contribution in [0.4, 0.5) is 4.79 Å². The summed E-state index contributed by atoms with van der Waals surface area (Å²) >= 11 is 0. The summed E-state index contributed by atoms with van der Waals surface area (Å²) in [4.78, 5) is 39.3. The maximum Gasteiger partial charge on any atom is 0.407 e. The van der Waals surface area contributed by atoms with E-state index >= 15 is 0 Å². The molecule has 1 aliphatic carbocycles. The highest BCUT2D eigenvalue weighted by molar-refractivity contribution is 5.85. The van der Waals surface area contributed by atoms with Crippen LogP contribution < -0.4 is 5.69 Å². The Labute approximate surface area is 200 Å². The summed E-state index contributed by atoms with van der Waals surface area (Å²) in [6, 6.07) is 5.49. The first-order chi connectivity index (χ1) is 17.1. The van der Waals surface area contributed by atoms with Crippen molar-refractivity contribution in [2.45, 2.75) is 38.3 Å². The number of aromatic amines is 1. The molecule has 0 radical (unpaired) electrons. The Hall–Kier alpha value is -3.92. The number of amides is 1. The predicted molar refractivity (Wildman–Crippen MR) is 131 cm³/mol. The Morgan fingerprint density at radius 3 is 2.89 bits per heavy atom. The monoisotopic (exact) mass is 474 g/mol. The zero-order valence-corrected chi connectivity index (χ0v) is 19.2. The first kappa shape index (κ1) is 21.6. The van der Waals surface area contributed by atoms with Gasteiger partial charge in [-0.25, -0.2) is 24.1 Å². The summed E-state index contributed by atoms with van der Waals surface area (Å²) in [5.41, 5.74) is 4.55. The SMILES string of the molecule is O=C(O)N1CCOCC1Cn1c(=O)n(C2=CCCCC2)c2ncc(-c3cnc4[nH]ccc4c3)cc21. The third-order valence-electron chi connectivity index (χ3n) is 6.93. The van der Waals surface area contributed by atoms with Gasteiger partial charge in [0.1, 0.15) is 5.65 Å². The quantitative estimate of drug-likeness (QED) is 0.467. The van der Waals surface area contributed by atoms with Gasteiger partial charge in [-0.15, -0.1) is 0 Å². The number of hydrogen-bond donors (Lipinski definition) is 2. The highest BCUT2D eigenvalue weighted by Crippen LogP contribution is 2.28. The molecule has 4 aromatic heterocycles. The number of nitrogens with one attached hydrogen (secondary N) is 1. The zero-order chi connectivity index (χ0) is 23.9. The van der Waals surface area contributed by atoms with Crippen molar-refractivity contribution >= 4 is 34.0 Å². The zero-order valence-electron chi connectivity index (χ0n) is 19.2. The van der Waals surface area contributed by atoms with Crippen molar-refractivity contribution in [1.29, 1.82) is 0 Å². The molecule has 1 saturated heterocycles. The van der Waals surface area contributed by atoms with Crippen molar-refractivity contribution < 1.29 is 14.6 Å². The van der Waals surface area contributed by atoms with E-state index in [1.54, 1.807) is 21.5 Å². The summed E-state index contributed by atoms with van der Waals surface area (Å²) in [6.45, 7) is 1.08. The molecule has 0 bridgehead atoms. The number of imidazole rings is 1. The van der Waals surface area contributed by atoms with Gasteiger partial charge >= 0.3 is 11.8 Å². The van der Waals surface area contributed by atoms with Crippen LogP contribution in [0.5, 0.6) is 0 Å². The van der Waals surface area contributed by atoms with E-state index in [0.717, 1.165) is 53.5 Å². The topological polar surface area (TPSA) is 118 Å². The van der Waals surface area contributed by atoms with Gasteiger partial charge in [-0.05, 0) is 43.9 Å². The molecular formula is C25H26N6O4. The molecule has 0 saturated carbocycles. The molecule has 4 aromatic rings. The van der Waals surface area contributed by atoms with E-state index < -0.39 is 12.1 Å². The van der Waals surface area contributed by atoms with Crippen molar-refractivity contribution in [2.75, 3.05) is 19.8 Å². The molecule has 2 N–H and O–H groups in total. The maximum absolute atomic E-state index is 13.7. The van der Waals surface area contributed by atoms with Crippen LogP contribution >= 0.6 is 0 Å². The van der Waals surface area contributed by atoms with Crippen LogP contribution in [0.25, 0.3) is 39.0 Å². The minimum absolute atomic E-state index is 0.197. The summed E-state index contributed by atoms with van der Waals surface area (Å²) in [6.07, 6.45) is 10.4. The molecule has 1 atom stereocenters. The Bertz CT molecular complexity index is 1510. The molecule has 0 spiro atoms. The Morgan fingerprint density at radius 1 is 1.20 bits per heavy atom. The maximum atomic E-state index is 13.7. The van der Waals surface area contributed by atoms with E-state index in [-0.39, 0.29) is 25.4 Å². The van der Waals surface area contributed by atoms with Crippen LogP contribution in [0.15, 0.2) is 47.7 Å². The number of morpholine rings is 1. The predicted octanol–water partition coefficient (Wildman–Crippen LogP) is 3.54. The molecule has 1 amide bonds. The molecule has 2 aliphatic rings. The van der Waals surface area contributed by atoms with Crippen molar-refractivity contribution in [3.05, 3.63) is 53.3 Å². The normalized spacial score (nSPS) is 18.8. The number of pyridine rings is 2. The number of rotatable bonds is 4. The van der Waals surface area contributed by atoms with Gasteiger partial charge in [0.15, 0.2) is 5.65 Å². The first-order valence-corrected chi connectivity index (χ1v) is 11.9. The number of carboxylic acid groups (broad SMARTS) is 1. The van der Waals surface area contributed by atoms with Crippen LogP contribution in [-0.4, -0.2) is 66.0 Å². The molecular weight excluding hydrogens is 448 g/mol. The average molecular weight is 475 g/mol. The molecule has 0 aromatic carbocycles. The van der Waals surface area contributed by atoms with Crippen molar-refractivity contribution in [3.63, 3.8) is 0 Å². The Kier molecular flexibility index (Phi) is 5.37. The smallest absolute Gasteiger partial charge is 0.407 e.